The number of nitrogens with zero attached hydrogens (tertiary/aromatic N) is 12. The molecule has 0 fully saturated rings. The minimum Gasteiger partial charge on any atom is -0.260 e. The maximum absolute atomic E-state index is 8.41. The van der Waals surface area contributed by atoms with Crippen LogP contribution < -0.4 is 18.3 Å². The molecule has 0 bridgehead atoms. The first-order valence-corrected chi connectivity index (χ1v) is 44.3. The lowest BCUT2D eigenvalue weighted by Crippen LogP contribution is -2.30. The van der Waals surface area contributed by atoms with Crippen LogP contribution in [0.1, 0.15) is 127 Å². The molecule has 12 nitrogen and oxygen atoms in total. The Balaban J connectivity index is 0.000000106. The first-order chi connectivity index (χ1) is 63.2. The predicted octanol–water partition coefficient (Wildman–Crippen LogP) is 24.5. The fourth-order valence-electron chi connectivity index (χ4n) is 21.4. The Bertz CT molecular complexity index is 7790. The Labute approximate surface area is 753 Å². The molecule has 0 aliphatic heterocycles. The summed E-state index contributed by atoms with van der Waals surface area (Å²) in [6.07, 6.45) is 7.42. The van der Waals surface area contributed by atoms with E-state index in [-0.39, 0.29) is 16.2 Å². The summed E-state index contributed by atoms with van der Waals surface area (Å²) in [5, 5.41) is 0. The Morgan fingerprint density at radius 3 is 0.719 bits per heavy atom. The van der Waals surface area contributed by atoms with E-state index in [9.17, 15) is 0 Å². The maximum Gasteiger partial charge on any atom is 0.295 e. The number of pyridine rings is 4. The molecule has 24 rings (SSSR count). The van der Waals surface area contributed by atoms with Gasteiger partial charge in [0.1, 0.15) is 22.7 Å². The number of aryl methyl sites for hydroxylation is 8. The molecule has 12 heteroatoms. The van der Waals surface area contributed by atoms with Gasteiger partial charge in [-0.05, 0) is 240 Å². The smallest absolute Gasteiger partial charge is 0.260 e. The molecular weight excluding hydrogens is 1560 g/mol. The minimum absolute atomic E-state index is 0.0937. The van der Waals surface area contributed by atoms with Gasteiger partial charge in [0.2, 0.25) is 0 Å². The number of hydrogen-bond acceptors (Lipinski definition) is 4. The number of hydrogen-bond donors (Lipinski definition) is 0. The molecule has 0 amide bonds. The average molecular weight is 1670 g/mol. The van der Waals surface area contributed by atoms with Gasteiger partial charge >= 0.3 is 0 Å². The Kier molecular flexibility index (Phi) is 18.3. The first-order valence-electron chi connectivity index (χ1n) is 45.8. The Hall–Kier alpha value is -14.9. The van der Waals surface area contributed by atoms with Gasteiger partial charge in [0.15, 0.2) is 44.1 Å². The highest BCUT2D eigenvalue weighted by atomic mass is 15.2. The molecule has 1 atom stereocenters. The molecule has 0 saturated carbocycles. The van der Waals surface area contributed by atoms with Crippen molar-refractivity contribution in [2.45, 2.75) is 105 Å². The van der Waals surface area contributed by atoms with E-state index in [0.29, 0.717) is 5.69 Å². The van der Waals surface area contributed by atoms with Crippen LogP contribution in [0.15, 0.2) is 340 Å². The van der Waals surface area contributed by atoms with E-state index in [2.05, 4.69) is 406 Å². The molecule has 1 unspecified atom stereocenters. The van der Waals surface area contributed by atoms with Crippen molar-refractivity contribution in [2.75, 3.05) is 0 Å². The van der Waals surface area contributed by atoms with E-state index in [4.69, 9.17) is 19.1 Å². The molecule has 624 valence electrons. The summed E-state index contributed by atoms with van der Waals surface area (Å²) in [4.78, 5) is 18.9. The van der Waals surface area contributed by atoms with Gasteiger partial charge in [0.25, 0.3) is 23.3 Å². The maximum atomic E-state index is 8.41. The number of fused-ring (bicyclic) bond motifs is 16. The highest BCUT2D eigenvalue weighted by molar-refractivity contribution is 5.91. The third kappa shape index (κ3) is 12.4. The lowest BCUT2D eigenvalue weighted by Gasteiger charge is -2.21. The number of rotatable bonds is 8. The molecule has 20 aromatic rings. The van der Waals surface area contributed by atoms with Gasteiger partial charge < -0.3 is 0 Å². The van der Waals surface area contributed by atoms with Crippen LogP contribution in [0.5, 0.6) is 0 Å². The highest BCUT2D eigenvalue weighted by Gasteiger charge is 2.44. The molecule has 128 heavy (non-hydrogen) atoms. The van der Waals surface area contributed by atoms with Crippen LogP contribution in [0, 0.1) is 27.7 Å². The second kappa shape index (κ2) is 30.5. The summed E-state index contributed by atoms with van der Waals surface area (Å²) in [7, 11) is 8.60. The molecule has 0 saturated heterocycles. The van der Waals surface area contributed by atoms with Crippen molar-refractivity contribution in [2.24, 2.45) is 28.2 Å². The largest absolute Gasteiger partial charge is 0.295 e. The van der Waals surface area contributed by atoms with Gasteiger partial charge in [-0.1, -0.05) is 225 Å². The van der Waals surface area contributed by atoms with Crippen LogP contribution in [-0.4, -0.2) is 38.2 Å². The molecular formula is C116H104N12+4. The third-order valence-electron chi connectivity index (χ3n) is 27.7. The predicted molar refractivity (Wildman–Crippen MR) is 520 cm³/mol. The van der Waals surface area contributed by atoms with E-state index in [1.54, 1.807) is 13.1 Å². The second-order valence-corrected chi connectivity index (χ2v) is 36.6. The van der Waals surface area contributed by atoms with Crippen molar-refractivity contribution in [1.82, 2.24) is 38.2 Å². The van der Waals surface area contributed by atoms with Crippen LogP contribution in [0.2, 0.25) is 0 Å². The standard InChI is InChI=1S/4C29H26N3/c2*1-19-17-24-23(21-13-10-16-30-27(21)29(24,2)3)18-22(19)28-31(4)25-14-8-9-15-26(25)32(28)20-11-6-5-7-12-20;2*1-19-17-23-21-13-10-16-30-27(21)29(2,3)24(23)18-22(19)28-31(4)25-14-8-9-15-26(25)32(28)20-11-6-5-7-12-20/h4*5-18H,1-4H3/q4*+1/i2D3;;;. The van der Waals surface area contributed by atoms with Gasteiger partial charge in [-0.15, -0.1) is 0 Å². The van der Waals surface area contributed by atoms with Gasteiger partial charge in [-0.3, -0.25) is 19.9 Å². The van der Waals surface area contributed by atoms with Crippen LogP contribution in [0.3, 0.4) is 0 Å². The minimum atomic E-state index is -2.22. The highest BCUT2D eigenvalue weighted by Crippen LogP contribution is 2.55. The van der Waals surface area contributed by atoms with Gasteiger partial charge in [-0.2, -0.15) is 18.3 Å². The fourth-order valence-corrected chi connectivity index (χ4v) is 21.4. The van der Waals surface area contributed by atoms with Gasteiger partial charge in [0, 0.05) is 72.8 Å². The number of imidazole rings is 4. The van der Waals surface area contributed by atoms with Crippen LogP contribution in [0.4, 0.5) is 0 Å². The summed E-state index contributed by atoms with van der Waals surface area (Å²) >= 11 is 0. The van der Waals surface area contributed by atoms with Crippen molar-refractivity contribution in [3.63, 3.8) is 0 Å². The lowest BCUT2D eigenvalue weighted by molar-refractivity contribution is -0.634. The fraction of sp³-hybridized carbons (Fsp3) is 0.172. The van der Waals surface area contributed by atoms with E-state index in [0.717, 1.165) is 50.4 Å². The number of para-hydroxylation sites is 12. The molecule has 8 heterocycles. The van der Waals surface area contributed by atoms with Crippen LogP contribution >= 0.6 is 0 Å². The van der Waals surface area contributed by atoms with Crippen molar-refractivity contribution in [1.29, 1.82) is 0 Å². The summed E-state index contributed by atoms with van der Waals surface area (Å²) in [6.45, 7) is 22.0. The van der Waals surface area contributed by atoms with Gasteiger partial charge in [-0.25, -0.2) is 18.3 Å². The first kappa shape index (κ1) is 76.7. The molecule has 0 radical (unpaired) electrons. The molecule has 4 aliphatic carbocycles. The zero-order valence-corrected chi connectivity index (χ0v) is 75.2. The molecule has 0 spiro atoms. The molecule has 4 aliphatic rings. The molecule has 0 N–H and O–H groups in total. The lowest BCUT2D eigenvalue weighted by atomic mass is 9.83. The zero-order chi connectivity index (χ0) is 90.6. The van der Waals surface area contributed by atoms with Crippen LogP contribution in [0.25, 0.3) is 157 Å². The van der Waals surface area contributed by atoms with Crippen molar-refractivity contribution < 1.29 is 22.4 Å². The zero-order valence-electron chi connectivity index (χ0n) is 78.2. The third-order valence-corrected chi connectivity index (χ3v) is 27.7. The van der Waals surface area contributed by atoms with E-state index >= 15 is 0 Å². The Morgan fingerprint density at radius 2 is 0.445 bits per heavy atom. The van der Waals surface area contributed by atoms with E-state index in [1.165, 1.54) is 168 Å². The molecule has 8 aromatic heterocycles. The average Bonchev–Trinajstić information content (AvgIpc) is 1.56. The summed E-state index contributed by atoms with van der Waals surface area (Å²) < 4.78 is 43.9. The quantitative estimate of drug-likeness (QED) is 0.142. The summed E-state index contributed by atoms with van der Waals surface area (Å²) in [5.41, 5.74) is 40.8. The van der Waals surface area contributed by atoms with Gasteiger partial charge in [0.05, 0.1) is 73.2 Å². The number of aromatic nitrogens is 12. The number of benzene rings is 12. The summed E-state index contributed by atoms with van der Waals surface area (Å²) in [5.74, 6) is 4.62. The normalized spacial score (nSPS) is 15.1. The van der Waals surface area contributed by atoms with Crippen molar-refractivity contribution in [3.05, 3.63) is 408 Å². The monoisotopic (exact) mass is 1670 g/mol. The summed E-state index contributed by atoms with van der Waals surface area (Å²) in [6, 6.07) is 112. The SMILES string of the molecule is Cc1cc2c(cc1-c1n(-c3ccccc3)c3ccccc3[n+]1C)-c1cccnc1C2(C)C.Cc1cc2c(cc1-c1n(-c3ccccc3)c3ccccc3[n+]1C)C(C)(C)c1ncccc1-2.Cc1cc2c(cc1-c1n(-c3ccccc3)c3ccccc3[n+]1C)C(C)(C)c1ncccc1-2.[2H]C([2H])([2H])C1(C)c2cc(C)c(-c3n(-c4ccccc4)c4ccccc4[n+]3C)cc2-c2cccnc21. The second-order valence-electron chi connectivity index (χ2n) is 36.6. The Morgan fingerprint density at radius 1 is 0.227 bits per heavy atom. The van der Waals surface area contributed by atoms with E-state index in [1.807, 2.05) is 67.1 Å². The van der Waals surface area contributed by atoms with Crippen LogP contribution in [-0.2, 0) is 49.9 Å². The van der Waals surface area contributed by atoms with E-state index < -0.39 is 12.3 Å². The van der Waals surface area contributed by atoms with Crippen molar-refractivity contribution >= 4 is 44.1 Å². The topological polar surface area (TPSA) is 86.8 Å². The van der Waals surface area contributed by atoms with Crippen molar-refractivity contribution in [3.8, 4) is 113 Å². The molecule has 12 aromatic carbocycles.